The van der Waals surface area contributed by atoms with E-state index in [4.69, 9.17) is 11.6 Å². The Morgan fingerprint density at radius 3 is 2.52 bits per heavy atom. The topological polar surface area (TPSA) is 98.6 Å². The van der Waals surface area contributed by atoms with E-state index in [1.165, 1.54) is 16.7 Å². The molecule has 1 fully saturated rings. The molecule has 0 bridgehead atoms. The van der Waals surface area contributed by atoms with Crippen LogP contribution in [0, 0.1) is 11.3 Å². The third-order valence-electron chi connectivity index (χ3n) is 4.83. The van der Waals surface area contributed by atoms with E-state index >= 15 is 0 Å². The SMILES string of the molecule is CCOC(=O)c1cc(C#N)c(N2CCN(C(=O)Nc3cccc(Cl)c3)CC2)nc1C(F)(F)F. The molecule has 2 aromatic rings. The summed E-state index contributed by atoms with van der Waals surface area (Å²) in [6.07, 6.45) is -4.93. The number of piperazine rings is 1. The number of hydrogen-bond acceptors (Lipinski definition) is 6. The van der Waals surface area contributed by atoms with Crippen LogP contribution in [-0.4, -0.2) is 54.7 Å². The van der Waals surface area contributed by atoms with E-state index in [0.717, 1.165) is 6.07 Å². The van der Waals surface area contributed by atoms with Gasteiger partial charge in [-0.1, -0.05) is 17.7 Å². The molecule has 0 atom stereocenters. The highest BCUT2D eigenvalue weighted by Gasteiger charge is 2.39. The molecule has 1 aliphatic heterocycles. The van der Waals surface area contributed by atoms with Crippen LogP contribution in [-0.2, 0) is 10.9 Å². The number of anilines is 2. The summed E-state index contributed by atoms with van der Waals surface area (Å²) in [6, 6.07) is 8.86. The van der Waals surface area contributed by atoms with Crippen LogP contribution >= 0.6 is 11.6 Å². The van der Waals surface area contributed by atoms with Gasteiger partial charge < -0.3 is 19.9 Å². The Morgan fingerprint density at radius 2 is 1.94 bits per heavy atom. The lowest BCUT2D eigenvalue weighted by Crippen LogP contribution is -2.50. The second-order valence-corrected chi connectivity index (χ2v) is 7.44. The number of nitrogens with one attached hydrogen (secondary N) is 1. The fraction of sp³-hybridized carbons (Fsp3) is 0.333. The molecule has 8 nitrogen and oxygen atoms in total. The van der Waals surface area contributed by atoms with Crippen LogP contribution in [0.3, 0.4) is 0 Å². The first-order valence-corrected chi connectivity index (χ1v) is 10.3. The zero-order valence-electron chi connectivity index (χ0n) is 17.4. The smallest absolute Gasteiger partial charge is 0.434 e. The van der Waals surface area contributed by atoms with Crippen LogP contribution < -0.4 is 10.2 Å². The zero-order chi connectivity index (χ0) is 24.2. The number of nitriles is 1. The number of ether oxygens (including phenoxy) is 1. The third kappa shape index (κ3) is 5.64. The van der Waals surface area contributed by atoms with Crippen molar-refractivity contribution in [3.05, 3.63) is 52.2 Å². The van der Waals surface area contributed by atoms with Gasteiger partial charge in [-0.05, 0) is 31.2 Å². The largest absolute Gasteiger partial charge is 0.462 e. The highest BCUT2D eigenvalue weighted by atomic mass is 35.5. The van der Waals surface area contributed by atoms with E-state index in [0.29, 0.717) is 10.7 Å². The summed E-state index contributed by atoms with van der Waals surface area (Å²) in [5, 5.41) is 12.6. The fourth-order valence-corrected chi connectivity index (χ4v) is 3.49. The maximum Gasteiger partial charge on any atom is 0.434 e. The Balaban J connectivity index is 1.79. The molecule has 0 aliphatic carbocycles. The molecule has 1 N–H and O–H groups in total. The molecule has 0 spiro atoms. The Morgan fingerprint density at radius 1 is 1.24 bits per heavy atom. The van der Waals surface area contributed by atoms with Crippen molar-refractivity contribution in [1.29, 1.82) is 5.26 Å². The molecular formula is C21H19ClF3N5O3. The fourth-order valence-electron chi connectivity index (χ4n) is 3.30. The van der Waals surface area contributed by atoms with E-state index in [-0.39, 0.29) is 50.2 Å². The number of halogens is 4. The average molecular weight is 482 g/mol. The summed E-state index contributed by atoms with van der Waals surface area (Å²) >= 11 is 5.91. The molecule has 12 heteroatoms. The minimum absolute atomic E-state index is 0.126. The number of alkyl halides is 3. The molecule has 2 amide bonds. The van der Waals surface area contributed by atoms with Crippen molar-refractivity contribution >= 4 is 35.1 Å². The van der Waals surface area contributed by atoms with Gasteiger partial charge in [0.25, 0.3) is 0 Å². The first-order chi connectivity index (χ1) is 15.6. The van der Waals surface area contributed by atoms with Crippen LogP contribution in [0.15, 0.2) is 30.3 Å². The monoisotopic (exact) mass is 481 g/mol. The molecule has 3 rings (SSSR count). The minimum atomic E-state index is -4.93. The van der Waals surface area contributed by atoms with Crippen molar-refractivity contribution in [2.45, 2.75) is 13.1 Å². The highest BCUT2D eigenvalue weighted by Crippen LogP contribution is 2.34. The van der Waals surface area contributed by atoms with Gasteiger partial charge >= 0.3 is 18.2 Å². The maximum atomic E-state index is 13.6. The van der Waals surface area contributed by atoms with Gasteiger partial charge in [-0.15, -0.1) is 0 Å². The lowest BCUT2D eigenvalue weighted by Gasteiger charge is -2.36. The van der Waals surface area contributed by atoms with Gasteiger partial charge in [-0.2, -0.15) is 18.4 Å². The average Bonchev–Trinajstić information content (AvgIpc) is 2.78. The summed E-state index contributed by atoms with van der Waals surface area (Å²) in [4.78, 5) is 31.1. The van der Waals surface area contributed by atoms with Crippen molar-refractivity contribution in [2.75, 3.05) is 43.0 Å². The van der Waals surface area contributed by atoms with Gasteiger partial charge in [-0.25, -0.2) is 14.6 Å². The molecule has 0 unspecified atom stereocenters. The summed E-state index contributed by atoms with van der Waals surface area (Å²) in [5.41, 5.74) is -1.92. The highest BCUT2D eigenvalue weighted by molar-refractivity contribution is 6.30. The van der Waals surface area contributed by atoms with Crippen LogP contribution in [0.25, 0.3) is 0 Å². The standard InChI is InChI=1S/C21H19ClF3N5O3/c1-2-33-19(31)16-10-13(12-26)18(28-17(16)21(23,24)25)29-6-8-30(9-7-29)20(32)27-15-5-3-4-14(22)11-15/h3-5,10-11H,2,6-9H2,1H3,(H,27,32). The van der Waals surface area contributed by atoms with Crippen LogP contribution in [0.4, 0.5) is 29.5 Å². The molecule has 0 saturated carbocycles. The predicted octanol–water partition coefficient (Wildman–Crippen LogP) is 4.16. The molecular weight excluding hydrogens is 463 g/mol. The van der Waals surface area contributed by atoms with Gasteiger partial charge in [0, 0.05) is 36.9 Å². The lowest BCUT2D eigenvalue weighted by molar-refractivity contribution is -0.141. The van der Waals surface area contributed by atoms with Crippen molar-refractivity contribution in [1.82, 2.24) is 9.88 Å². The first kappa shape index (κ1) is 24.1. The van der Waals surface area contributed by atoms with E-state index in [2.05, 4.69) is 15.0 Å². The zero-order valence-corrected chi connectivity index (χ0v) is 18.2. The number of rotatable bonds is 4. The first-order valence-electron chi connectivity index (χ1n) is 9.90. The summed E-state index contributed by atoms with van der Waals surface area (Å²) in [5.74, 6) is -1.41. The number of nitrogens with zero attached hydrogens (tertiary/aromatic N) is 4. The second-order valence-electron chi connectivity index (χ2n) is 7.00. The molecule has 33 heavy (non-hydrogen) atoms. The number of hydrogen-bond donors (Lipinski definition) is 1. The summed E-state index contributed by atoms with van der Waals surface area (Å²) < 4.78 is 45.5. The van der Waals surface area contributed by atoms with E-state index in [9.17, 15) is 28.0 Å². The van der Waals surface area contributed by atoms with Crippen molar-refractivity contribution < 1.29 is 27.5 Å². The summed E-state index contributed by atoms with van der Waals surface area (Å²) in [6.45, 7) is 1.97. The Labute approximate surface area is 192 Å². The number of amides is 2. The maximum absolute atomic E-state index is 13.6. The Kier molecular flexibility index (Phi) is 7.28. The van der Waals surface area contributed by atoms with Crippen molar-refractivity contribution in [3.8, 4) is 6.07 Å². The third-order valence-corrected chi connectivity index (χ3v) is 5.06. The van der Waals surface area contributed by atoms with Crippen LogP contribution in [0.2, 0.25) is 5.02 Å². The molecule has 1 aromatic heterocycles. The number of pyridine rings is 1. The minimum Gasteiger partial charge on any atom is -0.462 e. The molecule has 2 heterocycles. The normalized spacial score (nSPS) is 13.9. The van der Waals surface area contributed by atoms with Crippen molar-refractivity contribution in [2.24, 2.45) is 0 Å². The van der Waals surface area contributed by atoms with E-state index in [1.54, 1.807) is 30.3 Å². The predicted molar refractivity (Wildman–Crippen MR) is 114 cm³/mol. The lowest BCUT2D eigenvalue weighted by atomic mass is 10.1. The molecule has 1 saturated heterocycles. The van der Waals surface area contributed by atoms with Crippen LogP contribution in [0.1, 0.15) is 28.5 Å². The van der Waals surface area contributed by atoms with Gasteiger partial charge in [0.2, 0.25) is 0 Å². The van der Waals surface area contributed by atoms with Gasteiger partial charge in [-0.3, -0.25) is 0 Å². The number of benzene rings is 1. The van der Waals surface area contributed by atoms with E-state index < -0.39 is 23.4 Å². The number of aromatic nitrogens is 1. The number of carbonyl (C=O) groups excluding carboxylic acids is 2. The molecule has 0 radical (unpaired) electrons. The van der Waals surface area contributed by atoms with Crippen molar-refractivity contribution in [3.63, 3.8) is 0 Å². The second kappa shape index (κ2) is 9.95. The van der Waals surface area contributed by atoms with Gasteiger partial charge in [0.1, 0.15) is 11.9 Å². The number of urea groups is 1. The number of carbonyl (C=O) groups is 2. The van der Waals surface area contributed by atoms with Gasteiger partial charge in [0.05, 0.1) is 17.7 Å². The van der Waals surface area contributed by atoms with E-state index in [1.807, 2.05) is 0 Å². The number of esters is 1. The van der Waals surface area contributed by atoms with Gasteiger partial charge in [0.15, 0.2) is 5.69 Å². The molecule has 1 aromatic carbocycles. The molecule has 174 valence electrons. The van der Waals surface area contributed by atoms with Crippen LogP contribution in [0.5, 0.6) is 0 Å². The summed E-state index contributed by atoms with van der Waals surface area (Å²) in [7, 11) is 0. The quantitative estimate of drug-likeness (QED) is 0.658. The Hall–Kier alpha value is -3.52. The Bertz CT molecular complexity index is 1100. The molecule has 1 aliphatic rings.